The zero-order valence-corrected chi connectivity index (χ0v) is 20.9. The van der Waals surface area contributed by atoms with Gasteiger partial charge < -0.3 is 14.0 Å². The fourth-order valence-electron chi connectivity index (χ4n) is 2.96. The summed E-state index contributed by atoms with van der Waals surface area (Å²) in [6.07, 6.45) is 2.02. The summed E-state index contributed by atoms with van der Waals surface area (Å²) in [4.78, 5) is 30.2. The Morgan fingerprint density at radius 3 is 2.48 bits per heavy atom. The van der Waals surface area contributed by atoms with Crippen LogP contribution in [0.1, 0.15) is 12.8 Å². The van der Waals surface area contributed by atoms with Gasteiger partial charge in [0.15, 0.2) is 14.6 Å². The molecule has 1 heterocycles. The molecular weight excluding hydrogens is 484 g/mol. The number of thiazole rings is 1. The van der Waals surface area contributed by atoms with Crippen molar-refractivity contribution in [1.29, 1.82) is 0 Å². The predicted octanol–water partition coefficient (Wildman–Crippen LogP) is 3.29. The lowest BCUT2D eigenvalue weighted by atomic mass is 10.3. The first-order valence-corrected chi connectivity index (χ1v) is 13.7. The highest BCUT2D eigenvalue weighted by molar-refractivity contribution is 7.99. The summed E-state index contributed by atoms with van der Waals surface area (Å²) < 4.78 is 35.9. The summed E-state index contributed by atoms with van der Waals surface area (Å²) in [5, 5.41) is 0. The van der Waals surface area contributed by atoms with Crippen LogP contribution in [-0.4, -0.2) is 51.1 Å². The molecule has 0 unspecified atom stereocenters. The third-order valence-electron chi connectivity index (χ3n) is 4.68. The number of rotatable bonds is 9. The van der Waals surface area contributed by atoms with E-state index in [1.54, 1.807) is 29.5 Å². The number of nitrogens with zero attached hydrogens (tertiary/aromatic N) is 2. The molecule has 3 aromatic rings. The van der Waals surface area contributed by atoms with Gasteiger partial charge in [-0.3, -0.25) is 9.59 Å². The Bertz CT molecular complexity index is 1320. The number of aromatic nitrogens is 1. The Balaban J connectivity index is 1.76. The van der Waals surface area contributed by atoms with E-state index in [1.807, 2.05) is 24.3 Å². The normalized spacial score (nSPS) is 12.2. The van der Waals surface area contributed by atoms with Gasteiger partial charge >= 0.3 is 5.97 Å². The molecule has 0 saturated carbocycles. The van der Waals surface area contributed by atoms with Crippen LogP contribution in [0.4, 0.5) is 0 Å². The molecule has 0 saturated heterocycles. The summed E-state index contributed by atoms with van der Waals surface area (Å²) in [5.74, 6) is 0.742. The first kappa shape index (κ1) is 25.0. The van der Waals surface area contributed by atoms with Gasteiger partial charge in [-0.2, -0.15) is 4.99 Å². The van der Waals surface area contributed by atoms with E-state index < -0.39 is 15.8 Å². The second kappa shape index (κ2) is 11.0. The van der Waals surface area contributed by atoms with E-state index >= 15 is 0 Å². The lowest BCUT2D eigenvalue weighted by Gasteiger charge is -2.04. The molecular formula is C22H24N2O6S3. The molecule has 2 aromatic carbocycles. The Labute approximate surface area is 200 Å². The first-order chi connectivity index (χ1) is 15.7. The summed E-state index contributed by atoms with van der Waals surface area (Å²) in [6, 6.07) is 12.3. The number of carbonyl (C=O) groups is 2. The highest BCUT2D eigenvalue weighted by Gasteiger charge is 2.15. The minimum absolute atomic E-state index is 0.131. The molecule has 11 heteroatoms. The van der Waals surface area contributed by atoms with Gasteiger partial charge in [-0.25, -0.2) is 8.42 Å². The van der Waals surface area contributed by atoms with E-state index in [0.29, 0.717) is 21.4 Å². The van der Waals surface area contributed by atoms with Gasteiger partial charge in [0.05, 0.1) is 29.3 Å². The summed E-state index contributed by atoms with van der Waals surface area (Å²) in [6.45, 7) is -0.131. The van der Waals surface area contributed by atoms with E-state index in [9.17, 15) is 18.0 Å². The molecule has 0 fully saturated rings. The maximum absolute atomic E-state index is 12.5. The van der Waals surface area contributed by atoms with Crippen LogP contribution in [0.25, 0.3) is 10.2 Å². The van der Waals surface area contributed by atoms with Gasteiger partial charge in [0.1, 0.15) is 12.3 Å². The zero-order valence-electron chi connectivity index (χ0n) is 18.4. The average molecular weight is 509 g/mol. The van der Waals surface area contributed by atoms with Crippen molar-refractivity contribution in [2.75, 3.05) is 26.2 Å². The van der Waals surface area contributed by atoms with Crippen molar-refractivity contribution in [3.05, 3.63) is 47.3 Å². The number of benzene rings is 2. The number of esters is 1. The molecule has 0 N–H and O–H groups in total. The first-order valence-electron chi connectivity index (χ1n) is 9.96. The topological polar surface area (TPSA) is 104 Å². The van der Waals surface area contributed by atoms with Crippen LogP contribution in [0.2, 0.25) is 0 Å². The van der Waals surface area contributed by atoms with Gasteiger partial charge in [0.2, 0.25) is 5.91 Å². The van der Waals surface area contributed by atoms with Crippen molar-refractivity contribution in [2.24, 2.45) is 4.99 Å². The Hall–Kier alpha value is -2.63. The van der Waals surface area contributed by atoms with Crippen molar-refractivity contribution < 1.29 is 27.5 Å². The number of thioether (sulfide) groups is 1. The zero-order chi connectivity index (χ0) is 24.0. The number of amides is 1. The number of methoxy groups -OCH3 is 2. The van der Waals surface area contributed by atoms with E-state index in [-0.39, 0.29) is 23.8 Å². The van der Waals surface area contributed by atoms with Crippen molar-refractivity contribution in [3.8, 4) is 5.75 Å². The van der Waals surface area contributed by atoms with Crippen molar-refractivity contribution in [1.82, 2.24) is 4.57 Å². The van der Waals surface area contributed by atoms with Crippen molar-refractivity contribution in [2.45, 2.75) is 29.2 Å². The number of ether oxygens (including phenoxy) is 2. The van der Waals surface area contributed by atoms with Crippen molar-refractivity contribution >= 4 is 55.0 Å². The molecule has 0 radical (unpaired) electrons. The number of sulfone groups is 1. The molecule has 0 atom stereocenters. The third-order valence-corrected chi connectivity index (χ3v) is 7.93. The smallest absolute Gasteiger partial charge is 0.325 e. The average Bonchev–Trinajstić information content (AvgIpc) is 3.12. The summed E-state index contributed by atoms with van der Waals surface area (Å²) >= 11 is 2.80. The fourth-order valence-corrected chi connectivity index (χ4v) is 5.62. The maximum Gasteiger partial charge on any atom is 0.325 e. The monoisotopic (exact) mass is 508 g/mol. The molecule has 0 aliphatic heterocycles. The third kappa shape index (κ3) is 6.68. The molecule has 176 valence electrons. The van der Waals surface area contributed by atoms with Gasteiger partial charge in [-0.05, 0) is 54.6 Å². The van der Waals surface area contributed by atoms with Gasteiger partial charge in [-0.1, -0.05) is 11.3 Å². The molecule has 33 heavy (non-hydrogen) atoms. The Kier molecular flexibility index (Phi) is 8.33. The van der Waals surface area contributed by atoms with Crippen LogP contribution in [-0.2, 0) is 30.7 Å². The number of hydrogen-bond donors (Lipinski definition) is 0. The summed E-state index contributed by atoms with van der Waals surface area (Å²) in [7, 11) is -0.494. The molecule has 0 spiro atoms. The highest BCUT2D eigenvalue weighted by Crippen LogP contribution is 2.23. The standard InChI is InChI=1S/C22H24N2O6S3/c1-29-15-6-8-16(9-7-15)31-12-4-5-20(25)23-22-24(14-21(26)30-2)18-11-10-17(33(3,27)28)13-19(18)32-22/h6-11,13H,4-5,12,14H2,1-3H3. The van der Waals surface area contributed by atoms with Crippen LogP contribution in [0.15, 0.2) is 57.2 Å². The van der Waals surface area contributed by atoms with Crippen LogP contribution in [0, 0.1) is 0 Å². The van der Waals surface area contributed by atoms with Gasteiger partial charge in [0, 0.05) is 17.6 Å². The predicted molar refractivity (Wildman–Crippen MR) is 128 cm³/mol. The number of fused-ring (bicyclic) bond motifs is 1. The number of carbonyl (C=O) groups excluding carboxylic acids is 2. The number of hydrogen-bond acceptors (Lipinski definition) is 8. The fraction of sp³-hybridized carbons (Fsp3) is 0.318. The summed E-state index contributed by atoms with van der Waals surface area (Å²) in [5.41, 5.74) is 0.611. The van der Waals surface area contributed by atoms with Crippen LogP contribution in [0.5, 0.6) is 5.75 Å². The van der Waals surface area contributed by atoms with Crippen LogP contribution < -0.4 is 9.54 Å². The molecule has 0 aliphatic carbocycles. The minimum Gasteiger partial charge on any atom is -0.497 e. The lowest BCUT2D eigenvalue weighted by molar-refractivity contribution is -0.141. The van der Waals surface area contributed by atoms with E-state index in [2.05, 4.69) is 4.99 Å². The second-order valence-corrected chi connectivity index (χ2v) is 11.3. The van der Waals surface area contributed by atoms with E-state index in [1.165, 1.54) is 19.2 Å². The minimum atomic E-state index is -3.39. The van der Waals surface area contributed by atoms with Gasteiger partial charge in [-0.15, -0.1) is 11.8 Å². The lowest BCUT2D eigenvalue weighted by Crippen LogP contribution is -2.22. The molecule has 8 nitrogen and oxygen atoms in total. The van der Waals surface area contributed by atoms with Gasteiger partial charge in [0.25, 0.3) is 0 Å². The Morgan fingerprint density at radius 2 is 1.85 bits per heavy atom. The molecule has 0 aliphatic rings. The highest BCUT2D eigenvalue weighted by atomic mass is 32.2. The molecule has 3 rings (SSSR count). The van der Waals surface area contributed by atoms with E-state index in [0.717, 1.165) is 34.0 Å². The van der Waals surface area contributed by atoms with Crippen LogP contribution >= 0.6 is 23.1 Å². The van der Waals surface area contributed by atoms with Crippen LogP contribution in [0.3, 0.4) is 0 Å². The SMILES string of the molecule is COC(=O)Cn1c(=NC(=O)CCCSc2ccc(OC)cc2)sc2cc(S(C)(=O)=O)ccc21. The maximum atomic E-state index is 12.5. The Morgan fingerprint density at radius 1 is 1.12 bits per heavy atom. The van der Waals surface area contributed by atoms with E-state index in [4.69, 9.17) is 9.47 Å². The quantitative estimate of drug-likeness (QED) is 0.248. The molecule has 1 amide bonds. The largest absolute Gasteiger partial charge is 0.497 e. The van der Waals surface area contributed by atoms with Crippen molar-refractivity contribution in [3.63, 3.8) is 0 Å². The molecule has 0 bridgehead atoms. The molecule has 1 aromatic heterocycles. The second-order valence-electron chi connectivity index (χ2n) is 7.08.